The van der Waals surface area contributed by atoms with Crippen molar-refractivity contribution in [3.05, 3.63) is 106 Å². The molecule has 2 aliphatic heterocycles. The van der Waals surface area contributed by atoms with Crippen molar-refractivity contribution in [2.45, 2.75) is 29.3 Å². The number of aromatic hydroxyl groups is 4. The molecule has 0 aromatic heterocycles. The van der Waals surface area contributed by atoms with E-state index in [1.54, 1.807) is 24.3 Å². The zero-order valence-electron chi connectivity index (χ0n) is 18.6. The third-order valence-corrected chi connectivity index (χ3v) is 7.71. The second-order valence-electron chi connectivity index (χ2n) is 9.58. The van der Waals surface area contributed by atoms with E-state index in [1.165, 1.54) is 48.6 Å². The summed E-state index contributed by atoms with van der Waals surface area (Å²) in [6, 6.07) is 15.1. The zero-order valence-corrected chi connectivity index (χ0v) is 18.6. The monoisotopic (exact) mass is 484 g/mol. The number of carbonyl (C=O) groups is 1. The fourth-order valence-corrected chi connectivity index (χ4v) is 6.26. The van der Waals surface area contributed by atoms with Gasteiger partial charge in [-0.1, -0.05) is 24.3 Å². The van der Waals surface area contributed by atoms with Gasteiger partial charge in [0.15, 0.2) is 23.1 Å². The Bertz CT molecular complexity index is 1520. The number of phenols is 4. The molecule has 36 heavy (non-hydrogen) atoms. The minimum Gasteiger partial charge on any atom is -0.508 e. The normalized spacial score (nSPS) is 31.2. The second-order valence-corrected chi connectivity index (χ2v) is 9.58. The molecule has 8 heteroatoms. The molecule has 2 fully saturated rings. The summed E-state index contributed by atoms with van der Waals surface area (Å²) < 4.78 is 12.7. The van der Waals surface area contributed by atoms with Crippen LogP contribution in [0.1, 0.15) is 34.3 Å². The van der Waals surface area contributed by atoms with E-state index in [-0.39, 0.29) is 40.1 Å². The quantitative estimate of drug-likeness (QED) is 0.374. The van der Waals surface area contributed by atoms with E-state index in [0.717, 1.165) is 0 Å². The number of allylic oxidation sites excluding steroid dienone is 2. The molecule has 8 nitrogen and oxygen atoms in total. The Labute approximate surface area is 204 Å². The summed E-state index contributed by atoms with van der Waals surface area (Å²) in [6.07, 6.45) is 0.890. The molecule has 0 saturated carbocycles. The summed E-state index contributed by atoms with van der Waals surface area (Å²) in [5, 5.41) is 54.0. The zero-order chi connectivity index (χ0) is 25.0. The van der Waals surface area contributed by atoms with Crippen LogP contribution in [0.15, 0.2) is 84.1 Å². The first-order valence-corrected chi connectivity index (χ1v) is 11.4. The fourth-order valence-electron chi connectivity index (χ4n) is 6.26. The second kappa shape index (κ2) is 6.69. The highest BCUT2D eigenvalue weighted by Gasteiger charge is 2.78. The van der Waals surface area contributed by atoms with Crippen molar-refractivity contribution in [3.63, 3.8) is 0 Å². The van der Waals surface area contributed by atoms with E-state index in [0.29, 0.717) is 22.3 Å². The number of aliphatic hydroxyl groups is 1. The molecule has 2 saturated heterocycles. The minimum absolute atomic E-state index is 0.0261. The van der Waals surface area contributed by atoms with Gasteiger partial charge in [0.2, 0.25) is 0 Å². The largest absolute Gasteiger partial charge is 0.508 e. The number of hydrogen-bond donors (Lipinski definition) is 5. The van der Waals surface area contributed by atoms with Gasteiger partial charge in [-0.2, -0.15) is 0 Å². The topological polar surface area (TPSA) is 137 Å². The van der Waals surface area contributed by atoms with Crippen LogP contribution >= 0.6 is 0 Å². The smallest absolute Gasteiger partial charge is 0.186 e. The highest BCUT2D eigenvalue weighted by molar-refractivity contribution is 6.03. The van der Waals surface area contributed by atoms with Gasteiger partial charge < -0.3 is 35.0 Å². The van der Waals surface area contributed by atoms with Crippen LogP contribution in [-0.4, -0.2) is 43.0 Å². The SMILES string of the molecule is O=C1C=C2OC(c3ccc(O)cc3)C3(O)c4cc(O)cc(O)c4C(c4ccc(O)cc4)C4OC23C4=C1. The Kier molecular flexibility index (Phi) is 3.91. The van der Waals surface area contributed by atoms with Gasteiger partial charge in [-0.05, 0) is 47.5 Å². The molecule has 3 aromatic carbocycles. The number of ketones is 1. The molecule has 7 rings (SSSR count). The van der Waals surface area contributed by atoms with Crippen LogP contribution in [0.25, 0.3) is 0 Å². The first-order chi connectivity index (χ1) is 17.2. The molecule has 4 aliphatic rings. The standard InChI is InChI=1S/C28H20O8/c29-15-5-1-13(2-6-15)23-24-19(9-17(31)11-21(24)33)27(34)26(14-3-7-16(30)8-4-14)35-22-12-18(32)10-20-25(23)36-28(20,22)27/h1-12,23,25-26,29-31,33-34H. The van der Waals surface area contributed by atoms with E-state index in [9.17, 15) is 30.3 Å². The molecule has 3 aromatic rings. The van der Waals surface area contributed by atoms with Crippen LogP contribution in [-0.2, 0) is 19.9 Å². The van der Waals surface area contributed by atoms with Gasteiger partial charge >= 0.3 is 0 Å². The van der Waals surface area contributed by atoms with Gasteiger partial charge in [-0.3, -0.25) is 4.79 Å². The van der Waals surface area contributed by atoms with E-state index in [2.05, 4.69) is 0 Å². The van der Waals surface area contributed by atoms with Gasteiger partial charge in [-0.25, -0.2) is 0 Å². The van der Waals surface area contributed by atoms with Crippen molar-refractivity contribution in [3.8, 4) is 23.0 Å². The molecular weight excluding hydrogens is 464 g/mol. The molecule has 0 radical (unpaired) electrons. The predicted molar refractivity (Wildman–Crippen MR) is 124 cm³/mol. The van der Waals surface area contributed by atoms with E-state index in [1.807, 2.05) is 0 Å². The summed E-state index contributed by atoms with van der Waals surface area (Å²) >= 11 is 0. The fraction of sp³-hybridized carbons (Fsp3) is 0.179. The molecular formula is C28H20O8. The highest BCUT2D eigenvalue weighted by Crippen LogP contribution is 2.72. The van der Waals surface area contributed by atoms with Crippen molar-refractivity contribution in [2.24, 2.45) is 0 Å². The van der Waals surface area contributed by atoms with Crippen LogP contribution in [0.5, 0.6) is 23.0 Å². The number of fused-ring (bicyclic) bond motifs is 2. The van der Waals surface area contributed by atoms with Gasteiger partial charge in [-0.15, -0.1) is 0 Å². The average molecular weight is 484 g/mol. The number of rotatable bonds is 2. The molecule has 2 bridgehead atoms. The first-order valence-electron chi connectivity index (χ1n) is 11.4. The lowest BCUT2D eigenvalue weighted by atomic mass is 9.64. The number of phenolic OH excluding ortho intramolecular Hbond substituents is 4. The highest BCUT2D eigenvalue weighted by atomic mass is 16.6. The third kappa shape index (κ3) is 2.37. The van der Waals surface area contributed by atoms with Crippen LogP contribution in [0.2, 0.25) is 0 Å². The summed E-state index contributed by atoms with van der Waals surface area (Å²) in [6.45, 7) is 0. The predicted octanol–water partition coefficient (Wildman–Crippen LogP) is 3.14. The van der Waals surface area contributed by atoms with Crippen LogP contribution in [0.3, 0.4) is 0 Å². The lowest BCUT2D eigenvalue weighted by molar-refractivity contribution is -0.215. The molecule has 5 N–H and O–H groups in total. The Morgan fingerprint density at radius 3 is 2.08 bits per heavy atom. The van der Waals surface area contributed by atoms with Gasteiger partial charge in [0, 0.05) is 34.8 Å². The van der Waals surface area contributed by atoms with Crippen LogP contribution in [0.4, 0.5) is 0 Å². The number of carbonyl (C=O) groups excluding carboxylic acids is 1. The van der Waals surface area contributed by atoms with Gasteiger partial charge in [0.1, 0.15) is 28.8 Å². The lowest BCUT2D eigenvalue weighted by Gasteiger charge is -2.54. The van der Waals surface area contributed by atoms with E-state index in [4.69, 9.17) is 9.47 Å². The first kappa shape index (κ1) is 21.0. The van der Waals surface area contributed by atoms with E-state index >= 15 is 0 Å². The Morgan fingerprint density at radius 1 is 0.778 bits per heavy atom. The summed E-state index contributed by atoms with van der Waals surface area (Å²) in [5.41, 5.74) is -1.35. The van der Waals surface area contributed by atoms with Crippen LogP contribution in [0, 0.1) is 0 Å². The van der Waals surface area contributed by atoms with Crippen molar-refractivity contribution in [2.75, 3.05) is 0 Å². The van der Waals surface area contributed by atoms with Crippen molar-refractivity contribution in [1.82, 2.24) is 0 Å². The summed E-state index contributed by atoms with van der Waals surface area (Å²) in [5.74, 6) is -1.28. The van der Waals surface area contributed by atoms with Gasteiger partial charge in [0.25, 0.3) is 0 Å². The van der Waals surface area contributed by atoms with E-state index < -0.39 is 29.3 Å². The molecule has 0 amide bonds. The van der Waals surface area contributed by atoms with Crippen molar-refractivity contribution in [1.29, 1.82) is 0 Å². The lowest BCUT2D eigenvalue weighted by Crippen LogP contribution is -2.65. The number of ether oxygens (including phenoxy) is 2. The number of hydrogen-bond acceptors (Lipinski definition) is 8. The maximum absolute atomic E-state index is 12.7. The molecule has 2 heterocycles. The molecule has 180 valence electrons. The Hall–Kier alpha value is -4.27. The molecule has 5 atom stereocenters. The Balaban J connectivity index is 1.57. The Morgan fingerprint density at radius 2 is 1.42 bits per heavy atom. The molecule has 1 spiro atoms. The molecule has 2 aliphatic carbocycles. The van der Waals surface area contributed by atoms with Crippen LogP contribution < -0.4 is 0 Å². The van der Waals surface area contributed by atoms with Crippen molar-refractivity contribution >= 4 is 5.78 Å². The number of benzene rings is 3. The molecule has 5 unspecified atom stereocenters. The maximum Gasteiger partial charge on any atom is 0.186 e. The summed E-state index contributed by atoms with van der Waals surface area (Å²) in [4.78, 5) is 12.7. The third-order valence-electron chi connectivity index (χ3n) is 7.71. The van der Waals surface area contributed by atoms with Crippen molar-refractivity contribution < 1.29 is 39.8 Å². The average Bonchev–Trinajstić information content (AvgIpc) is 3.00. The summed E-state index contributed by atoms with van der Waals surface area (Å²) in [7, 11) is 0. The minimum atomic E-state index is -1.99. The maximum atomic E-state index is 12.7. The van der Waals surface area contributed by atoms with Gasteiger partial charge in [0.05, 0.1) is 6.10 Å².